The molecule has 0 fully saturated rings. The Labute approximate surface area is 157 Å². The normalized spacial score (nSPS) is 12.2. The molecule has 1 rings (SSSR count). The van der Waals surface area contributed by atoms with Crippen LogP contribution in [0.1, 0.15) is 38.3 Å². The first-order valence-electron chi connectivity index (χ1n) is 8.93. The molecular formula is C20H32N2O4. The van der Waals surface area contributed by atoms with Gasteiger partial charge in [-0.1, -0.05) is 26.0 Å². The molecule has 0 aliphatic carbocycles. The highest BCUT2D eigenvalue weighted by atomic mass is 16.5. The van der Waals surface area contributed by atoms with E-state index in [1.807, 2.05) is 52.2 Å². The maximum Gasteiger partial charge on any atom is 0.307 e. The summed E-state index contributed by atoms with van der Waals surface area (Å²) in [5, 5.41) is 0. The van der Waals surface area contributed by atoms with Crippen LogP contribution in [0.4, 0.5) is 0 Å². The largest absolute Gasteiger partial charge is 0.497 e. The summed E-state index contributed by atoms with van der Waals surface area (Å²) >= 11 is 0. The van der Waals surface area contributed by atoms with Crippen molar-refractivity contribution in [2.75, 3.05) is 41.4 Å². The number of benzene rings is 1. The van der Waals surface area contributed by atoms with E-state index in [1.54, 1.807) is 12.0 Å². The van der Waals surface area contributed by atoms with Gasteiger partial charge >= 0.3 is 5.97 Å². The van der Waals surface area contributed by atoms with Crippen molar-refractivity contribution in [1.29, 1.82) is 0 Å². The number of methoxy groups -OCH3 is 2. The van der Waals surface area contributed by atoms with Gasteiger partial charge in [0.15, 0.2) is 0 Å². The van der Waals surface area contributed by atoms with Crippen molar-refractivity contribution in [2.24, 2.45) is 5.92 Å². The van der Waals surface area contributed by atoms with E-state index in [9.17, 15) is 9.59 Å². The topological polar surface area (TPSA) is 59.1 Å². The molecule has 0 aliphatic rings. The van der Waals surface area contributed by atoms with Crippen LogP contribution in [0, 0.1) is 5.92 Å². The fraction of sp³-hybridized carbons (Fsp3) is 0.600. The molecule has 1 unspecified atom stereocenters. The minimum Gasteiger partial charge on any atom is -0.497 e. The second-order valence-corrected chi connectivity index (χ2v) is 7.02. The number of carbonyl (C=O) groups excluding carboxylic acids is 2. The lowest BCUT2D eigenvalue weighted by molar-refractivity contribution is -0.142. The van der Waals surface area contributed by atoms with Gasteiger partial charge in [-0.2, -0.15) is 0 Å². The summed E-state index contributed by atoms with van der Waals surface area (Å²) in [7, 11) is 6.97. The molecule has 0 radical (unpaired) electrons. The van der Waals surface area contributed by atoms with E-state index in [-0.39, 0.29) is 30.3 Å². The van der Waals surface area contributed by atoms with Crippen LogP contribution >= 0.6 is 0 Å². The van der Waals surface area contributed by atoms with Crippen LogP contribution in [0.2, 0.25) is 0 Å². The van der Waals surface area contributed by atoms with Crippen molar-refractivity contribution < 1.29 is 19.1 Å². The molecule has 26 heavy (non-hydrogen) atoms. The minimum atomic E-state index is -0.307. The van der Waals surface area contributed by atoms with Crippen LogP contribution in [-0.2, 0) is 14.3 Å². The molecule has 0 heterocycles. The zero-order valence-corrected chi connectivity index (χ0v) is 16.8. The van der Waals surface area contributed by atoms with Crippen molar-refractivity contribution in [3.8, 4) is 5.75 Å². The summed E-state index contributed by atoms with van der Waals surface area (Å²) in [4.78, 5) is 28.1. The smallest absolute Gasteiger partial charge is 0.307 e. The van der Waals surface area contributed by atoms with Crippen molar-refractivity contribution in [3.63, 3.8) is 0 Å². The van der Waals surface area contributed by atoms with E-state index < -0.39 is 0 Å². The highest BCUT2D eigenvalue weighted by Crippen LogP contribution is 2.23. The molecule has 0 bridgehead atoms. The van der Waals surface area contributed by atoms with Crippen molar-refractivity contribution in [1.82, 2.24) is 9.80 Å². The molecule has 6 heteroatoms. The number of rotatable bonds is 10. The first-order valence-corrected chi connectivity index (χ1v) is 8.93. The van der Waals surface area contributed by atoms with Gasteiger partial charge in [0, 0.05) is 19.5 Å². The summed E-state index contributed by atoms with van der Waals surface area (Å²) in [6.07, 6.45) is 0.660. The molecule has 146 valence electrons. The second kappa shape index (κ2) is 10.8. The standard InChI is InChI=1S/C20H32N2O4/c1-15(2)13-19(23)22(12-11-20(24)26-6)14-18(21(3)4)16-7-9-17(25-5)10-8-16/h7-10,15,18H,11-14H2,1-6H3. The van der Waals surface area contributed by atoms with Gasteiger partial charge in [0.1, 0.15) is 5.75 Å². The second-order valence-electron chi connectivity index (χ2n) is 7.02. The monoisotopic (exact) mass is 364 g/mol. The van der Waals surface area contributed by atoms with Crippen LogP contribution in [0.15, 0.2) is 24.3 Å². The Morgan fingerprint density at radius 3 is 2.15 bits per heavy atom. The third kappa shape index (κ3) is 7.04. The Bertz CT molecular complexity index is 570. The molecule has 6 nitrogen and oxygen atoms in total. The number of carbonyl (C=O) groups is 2. The van der Waals surface area contributed by atoms with Crippen molar-refractivity contribution >= 4 is 11.9 Å². The van der Waals surface area contributed by atoms with Crippen LogP contribution in [-0.4, -0.2) is 63.1 Å². The molecule has 0 N–H and O–H groups in total. The Kier molecular flexibility index (Phi) is 9.13. The van der Waals surface area contributed by atoms with Crippen molar-refractivity contribution in [2.45, 2.75) is 32.7 Å². The molecule has 1 aromatic rings. The quantitative estimate of drug-likeness (QED) is 0.598. The number of nitrogens with zero attached hydrogens (tertiary/aromatic N) is 2. The maximum absolute atomic E-state index is 12.7. The zero-order chi connectivity index (χ0) is 19.7. The lowest BCUT2D eigenvalue weighted by atomic mass is 10.0. The van der Waals surface area contributed by atoms with E-state index in [0.29, 0.717) is 19.5 Å². The molecule has 1 atom stereocenters. The van der Waals surface area contributed by atoms with E-state index in [2.05, 4.69) is 4.90 Å². The number of hydrogen-bond donors (Lipinski definition) is 0. The van der Waals surface area contributed by atoms with Gasteiger partial charge in [-0.3, -0.25) is 9.59 Å². The van der Waals surface area contributed by atoms with Gasteiger partial charge in [-0.25, -0.2) is 0 Å². The summed E-state index contributed by atoms with van der Waals surface area (Å²) in [6, 6.07) is 7.87. The third-order valence-electron chi connectivity index (χ3n) is 4.27. The van der Waals surface area contributed by atoms with Crippen LogP contribution < -0.4 is 4.74 Å². The average Bonchev–Trinajstić information content (AvgIpc) is 2.60. The first-order chi connectivity index (χ1) is 12.3. The lowest BCUT2D eigenvalue weighted by Crippen LogP contribution is -2.40. The predicted octanol–water partition coefficient (Wildman–Crippen LogP) is 2.74. The molecular weight excluding hydrogens is 332 g/mol. The fourth-order valence-corrected chi connectivity index (χ4v) is 2.73. The fourth-order valence-electron chi connectivity index (χ4n) is 2.73. The average molecular weight is 364 g/mol. The van der Waals surface area contributed by atoms with E-state index >= 15 is 0 Å². The molecule has 1 aromatic carbocycles. The van der Waals surface area contributed by atoms with E-state index in [0.717, 1.165) is 11.3 Å². The lowest BCUT2D eigenvalue weighted by Gasteiger charge is -2.32. The number of amides is 1. The third-order valence-corrected chi connectivity index (χ3v) is 4.27. The maximum atomic E-state index is 12.7. The summed E-state index contributed by atoms with van der Waals surface area (Å²) < 4.78 is 9.94. The molecule has 1 amide bonds. The number of likely N-dealkylation sites (N-methyl/N-ethyl adjacent to an activating group) is 1. The van der Waals surface area contributed by atoms with Gasteiger partial charge in [-0.05, 0) is 37.7 Å². The van der Waals surface area contributed by atoms with Gasteiger partial charge in [0.05, 0.1) is 26.7 Å². The van der Waals surface area contributed by atoms with Gasteiger partial charge in [-0.15, -0.1) is 0 Å². The molecule has 0 aliphatic heterocycles. The molecule has 0 spiro atoms. The summed E-state index contributed by atoms with van der Waals surface area (Å²) in [5.74, 6) is 0.814. The predicted molar refractivity (Wildman–Crippen MR) is 102 cm³/mol. The number of hydrogen-bond acceptors (Lipinski definition) is 5. The van der Waals surface area contributed by atoms with Gasteiger partial charge < -0.3 is 19.3 Å². The summed E-state index contributed by atoms with van der Waals surface area (Å²) in [6.45, 7) is 4.91. The first kappa shape index (κ1) is 22.0. The highest BCUT2D eigenvalue weighted by Gasteiger charge is 2.23. The van der Waals surface area contributed by atoms with Crippen molar-refractivity contribution in [3.05, 3.63) is 29.8 Å². The van der Waals surface area contributed by atoms with Gasteiger partial charge in [0.2, 0.25) is 5.91 Å². The number of ether oxygens (including phenoxy) is 2. The SMILES string of the molecule is COC(=O)CCN(CC(c1ccc(OC)cc1)N(C)C)C(=O)CC(C)C. The summed E-state index contributed by atoms with van der Waals surface area (Å²) in [5.41, 5.74) is 1.09. The van der Waals surface area contributed by atoms with Crippen LogP contribution in [0.3, 0.4) is 0 Å². The Morgan fingerprint density at radius 1 is 1.08 bits per heavy atom. The molecule has 0 aromatic heterocycles. The highest BCUT2D eigenvalue weighted by molar-refractivity contribution is 5.77. The molecule has 0 saturated carbocycles. The van der Waals surface area contributed by atoms with E-state index in [1.165, 1.54) is 7.11 Å². The molecule has 0 saturated heterocycles. The van der Waals surface area contributed by atoms with Gasteiger partial charge in [0.25, 0.3) is 0 Å². The number of esters is 1. The van der Waals surface area contributed by atoms with Crippen LogP contribution in [0.25, 0.3) is 0 Å². The van der Waals surface area contributed by atoms with E-state index in [4.69, 9.17) is 9.47 Å². The Hall–Kier alpha value is -2.08. The Balaban J connectivity index is 2.96. The van der Waals surface area contributed by atoms with Crippen LogP contribution in [0.5, 0.6) is 5.75 Å². The minimum absolute atomic E-state index is 0.0228. The zero-order valence-electron chi connectivity index (χ0n) is 16.8. The Morgan fingerprint density at radius 2 is 1.69 bits per heavy atom.